The fraction of sp³-hybridized carbons (Fsp3) is 0. The van der Waals surface area contributed by atoms with Crippen molar-refractivity contribution in [1.82, 2.24) is 9.38 Å². The van der Waals surface area contributed by atoms with Crippen LogP contribution in [-0.2, 0) is 0 Å². The van der Waals surface area contributed by atoms with Crippen LogP contribution in [0.1, 0.15) is 10.4 Å². The second-order valence-electron chi connectivity index (χ2n) is 5.26. The number of rotatable bonds is 2. The number of carbonyl (C=O) groups excluding carboxylic acids is 1. The normalized spacial score (nSPS) is 11.1. The van der Waals surface area contributed by atoms with E-state index in [1.54, 1.807) is 36.4 Å². The van der Waals surface area contributed by atoms with E-state index in [0.717, 1.165) is 4.70 Å². The quantitative estimate of drug-likeness (QED) is 0.564. The first-order valence-electron chi connectivity index (χ1n) is 7.25. The summed E-state index contributed by atoms with van der Waals surface area (Å²) in [5.41, 5.74) is 0.0661. The van der Waals surface area contributed by atoms with Gasteiger partial charge in [0.05, 0.1) is 10.2 Å². The van der Waals surface area contributed by atoms with Crippen molar-refractivity contribution < 1.29 is 9.90 Å². The first-order chi connectivity index (χ1) is 12.0. The third kappa shape index (κ3) is 2.63. The van der Waals surface area contributed by atoms with E-state index in [2.05, 4.69) is 10.3 Å². The molecular weight excluding hydrogens is 362 g/mol. The van der Waals surface area contributed by atoms with Crippen molar-refractivity contribution in [3.63, 3.8) is 0 Å². The van der Waals surface area contributed by atoms with Gasteiger partial charge in [0.25, 0.3) is 11.5 Å². The van der Waals surface area contributed by atoms with E-state index in [1.165, 1.54) is 15.7 Å². The molecular formula is C17H10ClN3O3S. The van der Waals surface area contributed by atoms with Crippen molar-refractivity contribution in [2.45, 2.75) is 0 Å². The number of hydrogen-bond donors (Lipinski definition) is 2. The molecule has 0 aliphatic carbocycles. The van der Waals surface area contributed by atoms with E-state index in [1.807, 2.05) is 12.1 Å². The molecule has 0 aliphatic heterocycles. The van der Waals surface area contributed by atoms with Gasteiger partial charge in [0, 0.05) is 10.7 Å². The molecule has 124 valence electrons. The highest BCUT2D eigenvalue weighted by atomic mass is 35.5. The molecule has 2 aromatic heterocycles. The summed E-state index contributed by atoms with van der Waals surface area (Å²) in [6.07, 6.45) is 0. The molecule has 1 amide bonds. The van der Waals surface area contributed by atoms with Crippen LogP contribution >= 0.6 is 22.9 Å². The van der Waals surface area contributed by atoms with Crippen molar-refractivity contribution in [1.29, 1.82) is 0 Å². The molecule has 25 heavy (non-hydrogen) atoms. The number of aromatic nitrogens is 2. The van der Waals surface area contributed by atoms with Gasteiger partial charge in [0.1, 0.15) is 0 Å². The zero-order valence-corrected chi connectivity index (χ0v) is 14.1. The molecule has 4 rings (SSSR count). The number of anilines is 1. The Morgan fingerprint density at radius 2 is 1.88 bits per heavy atom. The lowest BCUT2D eigenvalue weighted by atomic mass is 10.2. The third-order valence-corrected chi connectivity index (χ3v) is 4.94. The van der Waals surface area contributed by atoms with Gasteiger partial charge >= 0.3 is 0 Å². The first kappa shape index (κ1) is 15.6. The molecule has 6 nitrogen and oxygen atoms in total. The zero-order chi connectivity index (χ0) is 17.6. The summed E-state index contributed by atoms with van der Waals surface area (Å²) in [6.45, 7) is 0. The maximum atomic E-state index is 12.8. The molecule has 0 saturated heterocycles. The smallest absolute Gasteiger partial charge is 0.275 e. The Kier molecular flexibility index (Phi) is 3.67. The van der Waals surface area contributed by atoms with Gasteiger partial charge in [-0.2, -0.15) is 4.98 Å². The van der Waals surface area contributed by atoms with Crippen molar-refractivity contribution in [2.75, 3.05) is 5.32 Å². The number of halogens is 1. The lowest BCUT2D eigenvalue weighted by Gasteiger charge is -2.06. The first-order valence-corrected chi connectivity index (χ1v) is 8.44. The minimum absolute atomic E-state index is 0.326. The number of aromatic hydroxyl groups is 1. The van der Waals surface area contributed by atoms with Gasteiger partial charge in [0.2, 0.25) is 10.8 Å². The molecule has 0 radical (unpaired) electrons. The second kappa shape index (κ2) is 5.87. The highest BCUT2D eigenvalue weighted by Gasteiger charge is 2.22. The van der Waals surface area contributed by atoms with Crippen LogP contribution in [0.3, 0.4) is 0 Å². The van der Waals surface area contributed by atoms with Gasteiger partial charge in [-0.25, -0.2) is 0 Å². The molecule has 4 aromatic rings. The van der Waals surface area contributed by atoms with E-state index in [0.29, 0.717) is 21.2 Å². The van der Waals surface area contributed by atoms with Gasteiger partial charge in [-0.3, -0.25) is 14.0 Å². The van der Waals surface area contributed by atoms with E-state index >= 15 is 0 Å². The average molecular weight is 372 g/mol. The molecule has 0 aliphatic rings. The van der Waals surface area contributed by atoms with Gasteiger partial charge in [0.15, 0.2) is 5.56 Å². The largest absolute Gasteiger partial charge is 0.492 e. The minimum atomic E-state index is -0.734. The number of carbonyl (C=O) groups is 1. The van der Waals surface area contributed by atoms with Crippen molar-refractivity contribution in [3.8, 4) is 5.88 Å². The molecule has 0 unspecified atom stereocenters. The number of nitrogens with one attached hydrogen (secondary N) is 1. The van der Waals surface area contributed by atoms with Gasteiger partial charge in [-0.05, 0) is 36.4 Å². The van der Waals surface area contributed by atoms with E-state index < -0.39 is 22.9 Å². The number of thiazole rings is 1. The molecule has 0 spiro atoms. The summed E-state index contributed by atoms with van der Waals surface area (Å²) in [4.78, 5) is 29.6. The Hall–Kier alpha value is -2.90. The van der Waals surface area contributed by atoms with E-state index in [-0.39, 0.29) is 0 Å². The molecule has 8 heteroatoms. The standard InChI is InChI=1S/C17H10ClN3O3S/c18-9-5-7-10(8-6-9)19-14(22)13-15(23)20-17-21(16(13)24)11-3-1-2-4-12(11)25-17/h1-8,23H,(H,19,22). The molecule has 2 N–H and O–H groups in total. The average Bonchev–Trinajstić information content (AvgIpc) is 2.95. The molecule has 0 atom stereocenters. The van der Waals surface area contributed by atoms with Crippen LogP contribution in [0.15, 0.2) is 53.3 Å². The Morgan fingerprint density at radius 1 is 1.16 bits per heavy atom. The monoisotopic (exact) mass is 371 g/mol. The van der Waals surface area contributed by atoms with Crippen LogP contribution in [0.25, 0.3) is 15.2 Å². The van der Waals surface area contributed by atoms with Crippen LogP contribution in [0, 0.1) is 0 Å². The van der Waals surface area contributed by atoms with Crippen LogP contribution in [-0.4, -0.2) is 20.4 Å². The summed E-state index contributed by atoms with van der Waals surface area (Å²) in [5.74, 6) is -1.33. The van der Waals surface area contributed by atoms with Crippen LogP contribution in [0.2, 0.25) is 5.02 Å². The Balaban J connectivity index is 1.86. The van der Waals surface area contributed by atoms with E-state index in [9.17, 15) is 14.7 Å². The number of nitrogens with zero attached hydrogens (tertiary/aromatic N) is 2. The van der Waals surface area contributed by atoms with Crippen LogP contribution < -0.4 is 10.9 Å². The van der Waals surface area contributed by atoms with Gasteiger partial charge < -0.3 is 10.4 Å². The molecule has 0 saturated carbocycles. The summed E-state index contributed by atoms with van der Waals surface area (Å²) in [6, 6.07) is 13.7. The number of fused-ring (bicyclic) bond motifs is 3. The SMILES string of the molecule is O=C(Nc1ccc(Cl)cc1)c1c(O)nc2sc3ccccc3n2c1=O. The van der Waals surface area contributed by atoms with Gasteiger partial charge in [-0.15, -0.1) is 0 Å². The highest BCUT2D eigenvalue weighted by molar-refractivity contribution is 7.23. The van der Waals surface area contributed by atoms with Crippen molar-refractivity contribution in [3.05, 3.63) is 69.5 Å². The summed E-state index contributed by atoms with van der Waals surface area (Å²) in [5, 5.41) is 13.2. The predicted octanol–water partition coefficient (Wildman–Crippen LogP) is 3.52. The maximum Gasteiger partial charge on any atom is 0.275 e. The summed E-state index contributed by atoms with van der Waals surface area (Å²) in [7, 11) is 0. The number of amides is 1. The fourth-order valence-electron chi connectivity index (χ4n) is 2.52. The van der Waals surface area contributed by atoms with E-state index in [4.69, 9.17) is 11.6 Å². The van der Waals surface area contributed by atoms with Crippen molar-refractivity contribution in [2.24, 2.45) is 0 Å². The number of benzene rings is 2. The third-order valence-electron chi connectivity index (χ3n) is 3.67. The topological polar surface area (TPSA) is 83.7 Å². The maximum absolute atomic E-state index is 12.8. The molecule has 0 bridgehead atoms. The number of hydrogen-bond acceptors (Lipinski definition) is 5. The Bertz CT molecular complexity index is 1180. The molecule has 2 aromatic carbocycles. The molecule has 2 heterocycles. The predicted molar refractivity (Wildman–Crippen MR) is 97.9 cm³/mol. The van der Waals surface area contributed by atoms with Gasteiger partial charge in [-0.1, -0.05) is 35.1 Å². The summed E-state index contributed by atoms with van der Waals surface area (Å²) >= 11 is 7.07. The second-order valence-corrected chi connectivity index (χ2v) is 6.71. The Labute approximate surface area is 149 Å². The minimum Gasteiger partial charge on any atom is -0.492 e. The lowest BCUT2D eigenvalue weighted by molar-refractivity contribution is 0.102. The van der Waals surface area contributed by atoms with Crippen molar-refractivity contribution >= 4 is 49.7 Å². The Morgan fingerprint density at radius 3 is 2.64 bits per heavy atom. The van der Waals surface area contributed by atoms with Crippen LogP contribution in [0.4, 0.5) is 5.69 Å². The zero-order valence-electron chi connectivity index (χ0n) is 12.6. The van der Waals surface area contributed by atoms with Crippen LogP contribution in [0.5, 0.6) is 5.88 Å². The number of para-hydroxylation sites is 1. The summed E-state index contributed by atoms with van der Waals surface area (Å²) < 4.78 is 2.16. The highest BCUT2D eigenvalue weighted by Crippen LogP contribution is 2.26. The molecule has 0 fully saturated rings. The fourth-order valence-corrected chi connectivity index (χ4v) is 3.66. The lowest BCUT2D eigenvalue weighted by Crippen LogP contribution is -2.26.